The zero-order valence-electron chi connectivity index (χ0n) is 16.1. The molecule has 0 N–H and O–H groups in total. The van der Waals surface area contributed by atoms with E-state index in [0.29, 0.717) is 0 Å². The molecule has 0 bridgehead atoms. The molecule has 142 valence electrons. The SMILES string of the molecule is Brc1ccc(-c2ccc(-c3ccc4c(c3)-c3cccc5cccc(c35)S4)cc2)cc1. The van der Waals surface area contributed by atoms with E-state index in [0.717, 1.165) is 4.47 Å². The second kappa shape index (κ2) is 7.16. The smallest absolute Gasteiger partial charge is 0.0207 e. The first kappa shape index (κ1) is 18.0. The van der Waals surface area contributed by atoms with Gasteiger partial charge in [-0.1, -0.05) is 100 Å². The van der Waals surface area contributed by atoms with Crippen molar-refractivity contribution in [1.82, 2.24) is 0 Å². The second-order valence-corrected chi connectivity index (χ2v) is 9.56. The number of fused-ring (bicyclic) bond motifs is 2. The highest BCUT2D eigenvalue weighted by Gasteiger charge is 2.19. The van der Waals surface area contributed by atoms with E-state index in [1.54, 1.807) is 0 Å². The van der Waals surface area contributed by atoms with Crippen LogP contribution in [0.3, 0.4) is 0 Å². The van der Waals surface area contributed by atoms with E-state index in [1.165, 1.54) is 53.9 Å². The summed E-state index contributed by atoms with van der Waals surface area (Å²) in [6.07, 6.45) is 0. The minimum Gasteiger partial charge on any atom is -0.0888 e. The minimum atomic E-state index is 1.10. The molecule has 0 saturated heterocycles. The number of benzene rings is 5. The maximum atomic E-state index is 3.51. The van der Waals surface area contributed by atoms with Gasteiger partial charge in [-0.2, -0.15) is 0 Å². The maximum Gasteiger partial charge on any atom is 0.0207 e. The van der Waals surface area contributed by atoms with Gasteiger partial charge in [-0.3, -0.25) is 0 Å². The molecule has 0 spiro atoms. The van der Waals surface area contributed by atoms with Crippen molar-refractivity contribution in [3.63, 3.8) is 0 Å². The van der Waals surface area contributed by atoms with E-state index >= 15 is 0 Å². The van der Waals surface area contributed by atoms with Gasteiger partial charge in [0, 0.05) is 19.6 Å². The van der Waals surface area contributed by atoms with E-state index in [4.69, 9.17) is 0 Å². The predicted octanol–water partition coefficient (Wildman–Crippen LogP) is 9.07. The molecular weight excluding hydrogens is 448 g/mol. The fourth-order valence-electron chi connectivity index (χ4n) is 4.24. The third kappa shape index (κ3) is 2.99. The summed E-state index contributed by atoms with van der Waals surface area (Å²) in [7, 11) is 0. The summed E-state index contributed by atoms with van der Waals surface area (Å²) in [5.74, 6) is 0. The molecule has 0 unspecified atom stereocenters. The Morgan fingerprint density at radius 2 is 1.10 bits per heavy atom. The molecule has 0 nitrogen and oxygen atoms in total. The molecule has 0 aromatic heterocycles. The molecule has 0 radical (unpaired) electrons. The normalized spacial score (nSPS) is 12.0. The monoisotopic (exact) mass is 464 g/mol. The molecule has 2 heteroatoms. The Bertz CT molecular complexity index is 1390. The molecule has 5 aromatic carbocycles. The molecule has 0 fully saturated rings. The third-order valence-electron chi connectivity index (χ3n) is 5.75. The van der Waals surface area contributed by atoms with Crippen LogP contribution in [-0.4, -0.2) is 0 Å². The number of hydrogen-bond acceptors (Lipinski definition) is 1. The first-order chi connectivity index (χ1) is 14.8. The van der Waals surface area contributed by atoms with Gasteiger partial charge in [-0.15, -0.1) is 0 Å². The molecule has 0 saturated carbocycles. The Morgan fingerprint density at radius 3 is 1.83 bits per heavy atom. The fourth-order valence-corrected chi connectivity index (χ4v) is 5.63. The van der Waals surface area contributed by atoms with Crippen molar-refractivity contribution in [1.29, 1.82) is 0 Å². The first-order valence-corrected chi connectivity index (χ1v) is 11.6. The van der Waals surface area contributed by atoms with E-state index in [1.807, 2.05) is 11.8 Å². The van der Waals surface area contributed by atoms with Crippen LogP contribution >= 0.6 is 27.7 Å². The summed E-state index contributed by atoms with van der Waals surface area (Å²) >= 11 is 5.39. The van der Waals surface area contributed by atoms with Gasteiger partial charge in [0.1, 0.15) is 0 Å². The van der Waals surface area contributed by atoms with Crippen molar-refractivity contribution in [3.8, 4) is 33.4 Å². The molecular formula is C28H17BrS. The van der Waals surface area contributed by atoms with E-state index < -0.39 is 0 Å². The molecule has 6 rings (SSSR count). The summed E-state index contributed by atoms with van der Waals surface area (Å²) in [5.41, 5.74) is 7.64. The molecule has 0 atom stereocenters. The second-order valence-electron chi connectivity index (χ2n) is 7.56. The van der Waals surface area contributed by atoms with Crippen molar-refractivity contribution < 1.29 is 0 Å². The van der Waals surface area contributed by atoms with Gasteiger partial charge >= 0.3 is 0 Å². The van der Waals surface area contributed by atoms with E-state index in [9.17, 15) is 0 Å². The van der Waals surface area contributed by atoms with Crippen LogP contribution in [0.1, 0.15) is 0 Å². The van der Waals surface area contributed by atoms with E-state index in [-0.39, 0.29) is 0 Å². The van der Waals surface area contributed by atoms with Gasteiger partial charge in [0.05, 0.1) is 0 Å². The summed E-state index contributed by atoms with van der Waals surface area (Å²) in [4.78, 5) is 2.68. The van der Waals surface area contributed by atoms with Crippen LogP contribution in [0.2, 0.25) is 0 Å². The third-order valence-corrected chi connectivity index (χ3v) is 7.42. The zero-order chi connectivity index (χ0) is 20.1. The summed E-state index contributed by atoms with van der Waals surface area (Å²) < 4.78 is 1.10. The Morgan fingerprint density at radius 1 is 0.500 bits per heavy atom. The average Bonchev–Trinajstić information content (AvgIpc) is 2.80. The van der Waals surface area contributed by atoms with Gasteiger partial charge in [0.25, 0.3) is 0 Å². The predicted molar refractivity (Wildman–Crippen MR) is 132 cm³/mol. The first-order valence-electron chi connectivity index (χ1n) is 9.97. The van der Waals surface area contributed by atoms with Crippen LogP contribution in [0.15, 0.2) is 117 Å². The van der Waals surface area contributed by atoms with Crippen molar-refractivity contribution in [2.45, 2.75) is 9.79 Å². The molecule has 5 aromatic rings. The highest BCUT2D eigenvalue weighted by atomic mass is 79.9. The lowest BCUT2D eigenvalue weighted by molar-refractivity contribution is 1.39. The Balaban J connectivity index is 1.43. The lowest BCUT2D eigenvalue weighted by Crippen LogP contribution is -1.93. The lowest BCUT2D eigenvalue weighted by Gasteiger charge is -2.21. The number of rotatable bonds is 2. The van der Waals surface area contributed by atoms with Gasteiger partial charge in [0.15, 0.2) is 0 Å². The Kier molecular flexibility index (Phi) is 4.29. The van der Waals surface area contributed by atoms with Crippen LogP contribution in [0.4, 0.5) is 0 Å². The average molecular weight is 465 g/mol. The summed E-state index contributed by atoms with van der Waals surface area (Å²) in [6, 6.07) is 37.4. The van der Waals surface area contributed by atoms with Gasteiger partial charge in [0.2, 0.25) is 0 Å². The Labute approximate surface area is 188 Å². The lowest BCUT2D eigenvalue weighted by atomic mass is 9.94. The standard InChI is InChI=1S/C28H17BrS/c29-23-14-11-19(12-15-23)18-7-9-20(10-8-18)22-13-16-26-25(17-22)24-5-1-3-21-4-2-6-27(30-26)28(21)24/h1-17H. The van der Waals surface area contributed by atoms with Crippen molar-refractivity contribution in [2.75, 3.05) is 0 Å². The molecule has 1 heterocycles. The Hall–Kier alpha value is -2.81. The molecule has 1 aliphatic rings. The van der Waals surface area contributed by atoms with Gasteiger partial charge in [-0.05, 0) is 69.1 Å². The van der Waals surface area contributed by atoms with Crippen LogP contribution < -0.4 is 0 Å². The van der Waals surface area contributed by atoms with E-state index in [2.05, 4.69) is 119 Å². The van der Waals surface area contributed by atoms with Gasteiger partial charge in [-0.25, -0.2) is 0 Å². The van der Waals surface area contributed by atoms with Crippen molar-refractivity contribution in [2.24, 2.45) is 0 Å². The van der Waals surface area contributed by atoms with Crippen LogP contribution in [0, 0.1) is 0 Å². The molecule has 0 amide bonds. The quantitative estimate of drug-likeness (QED) is 0.246. The zero-order valence-corrected chi connectivity index (χ0v) is 18.5. The minimum absolute atomic E-state index is 1.10. The van der Waals surface area contributed by atoms with Crippen molar-refractivity contribution in [3.05, 3.63) is 108 Å². The van der Waals surface area contributed by atoms with Crippen molar-refractivity contribution >= 4 is 38.5 Å². The molecule has 1 aliphatic heterocycles. The number of halogens is 1. The molecule has 30 heavy (non-hydrogen) atoms. The van der Waals surface area contributed by atoms with Crippen LogP contribution in [0.5, 0.6) is 0 Å². The van der Waals surface area contributed by atoms with Crippen LogP contribution in [-0.2, 0) is 0 Å². The maximum absolute atomic E-state index is 3.51. The largest absolute Gasteiger partial charge is 0.0888 e. The van der Waals surface area contributed by atoms with Gasteiger partial charge < -0.3 is 0 Å². The highest BCUT2D eigenvalue weighted by molar-refractivity contribution is 9.10. The molecule has 0 aliphatic carbocycles. The topological polar surface area (TPSA) is 0 Å². The summed E-state index contributed by atoms with van der Waals surface area (Å²) in [6.45, 7) is 0. The fraction of sp³-hybridized carbons (Fsp3) is 0. The summed E-state index contributed by atoms with van der Waals surface area (Å²) in [5, 5.41) is 2.69. The number of hydrogen-bond donors (Lipinski definition) is 0. The van der Waals surface area contributed by atoms with Crippen LogP contribution in [0.25, 0.3) is 44.2 Å². The highest BCUT2D eigenvalue weighted by Crippen LogP contribution is 2.48.